The molecule has 1 N–H and O–H groups in total. The number of para-hydroxylation sites is 2. The molecule has 0 saturated carbocycles. The fraction of sp³-hybridized carbons (Fsp3) is 0.304. The molecule has 150 valence electrons. The van der Waals surface area contributed by atoms with Gasteiger partial charge in [0.25, 0.3) is 5.91 Å². The third-order valence-corrected chi connectivity index (χ3v) is 5.39. The van der Waals surface area contributed by atoms with Crippen molar-refractivity contribution in [1.82, 2.24) is 10.2 Å². The van der Waals surface area contributed by atoms with Gasteiger partial charge in [-0.1, -0.05) is 30.3 Å². The van der Waals surface area contributed by atoms with E-state index in [1.807, 2.05) is 24.3 Å². The zero-order valence-electron chi connectivity index (χ0n) is 16.4. The summed E-state index contributed by atoms with van der Waals surface area (Å²) >= 11 is 0. The first kappa shape index (κ1) is 19.2. The monoisotopic (exact) mass is 392 g/mol. The summed E-state index contributed by atoms with van der Waals surface area (Å²) in [5, 5.41) is 3.41. The van der Waals surface area contributed by atoms with Gasteiger partial charge in [0.05, 0.1) is 18.5 Å². The molecule has 2 heterocycles. The second-order valence-corrected chi connectivity index (χ2v) is 7.18. The Morgan fingerprint density at radius 1 is 1.14 bits per heavy atom. The van der Waals surface area contributed by atoms with Crippen molar-refractivity contribution in [3.8, 4) is 5.75 Å². The first-order valence-corrected chi connectivity index (χ1v) is 9.85. The van der Waals surface area contributed by atoms with Crippen LogP contribution < -0.4 is 15.5 Å². The molecule has 1 atom stereocenters. The summed E-state index contributed by atoms with van der Waals surface area (Å²) in [5.41, 5.74) is 1.22. The van der Waals surface area contributed by atoms with Crippen molar-refractivity contribution in [1.29, 1.82) is 0 Å². The molecule has 6 nitrogen and oxygen atoms in total. The third-order valence-electron chi connectivity index (χ3n) is 5.39. The van der Waals surface area contributed by atoms with Gasteiger partial charge in [0.15, 0.2) is 11.2 Å². The number of benzene rings is 2. The number of hydrogen-bond donors (Lipinski definition) is 1. The molecular weight excluding hydrogens is 368 g/mol. The Labute approximate surface area is 169 Å². The molecule has 1 aliphatic heterocycles. The first-order chi connectivity index (χ1) is 14.2. The molecule has 3 aromatic rings. The number of likely N-dealkylation sites (tertiary alicyclic amines) is 1. The van der Waals surface area contributed by atoms with Crippen molar-refractivity contribution in [2.75, 3.05) is 26.7 Å². The van der Waals surface area contributed by atoms with Gasteiger partial charge in [-0.05, 0) is 44.1 Å². The highest BCUT2D eigenvalue weighted by molar-refractivity contribution is 5.93. The SMILES string of the molecule is COc1ccccc1C(CNC(=O)c1cc(=O)c2ccccc2o1)N1CCCC1. The standard InChI is InChI=1S/C23H24N2O4/c1-28-20-10-4-2-8-16(20)18(25-12-6-7-13-25)15-24-23(27)22-14-19(26)17-9-3-5-11-21(17)29-22/h2-5,8-11,14,18H,6-7,12-13,15H2,1H3,(H,24,27). The highest BCUT2D eigenvalue weighted by Crippen LogP contribution is 2.31. The lowest BCUT2D eigenvalue weighted by Gasteiger charge is -2.29. The van der Waals surface area contributed by atoms with E-state index in [-0.39, 0.29) is 17.2 Å². The van der Waals surface area contributed by atoms with Gasteiger partial charge in [-0.15, -0.1) is 0 Å². The maximum Gasteiger partial charge on any atom is 0.287 e. The Hall–Kier alpha value is -3.12. The van der Waals surface area contributed by atoms with E-state index < -0.39 is 5.91 Å². The number of methoxy groups -OCH3 is 1. The quantitative estimate of drug-likeness (QED) is 0.696. The second kappa shape index (κ2) is 8.49. The Bertz CT molecular complexity index is 1070. The Kier molecular flexibility index (Phi) is 5.62. The molecule has 2 aromatic carbocycles. The van der Waals surface area contributed by atoms with Gasteiger partial charge in [-0.25, -0.2) is 0 Å². The van der Waals surface area contributed by atoms with Gasteiger partial charge in [0.1, 0.15) is 11.3 Å². The molecule has 1 saturated heterocycles. The number of amides is 1. The fourth-order valence-electron chi connectivity index (χ4n) is 3.92. The number of ether oxygens (including phenoxy) is 1. The van der Waals surface area contributed by atoms with Crippen LogP contribution in [0.15, 0.2) is 63.8 Å². The highest BCUT2D eigenvalue weighted by atomic mass is 16.5. The molecule has 4 rings (SSSR count). The lowest BCUT2D eigenvalue weighted by molar-refractivity contribution is 0.0910. The summed E-state index contributed by atoms with van der Waals surface area (Å²) < 4.78 is 11.2. The minimum absolute atomic E-state index is 0.00946. The molecular formula is C23H24N2O4. The predicted octanol–water partition coefficient (Wildman–Crippen LogP) is 3.37. The van der Waals surface area contributed by atoms with Crippen LogP contribution in [0, 0.1) is 0 Å². The molecule has 6 heteroatoms. The van der Waals surface area contributed by atoms with Crippen LogP contribution in [-0.4, -0.2) is 37.6 Å². The van der Waals surface area contributed by atoms with E-state index in [0.29, 0.717) is 17.5 Å². The summed E-state index contributed by atoms with van der Waals surface area (Å²) in [6, 6.07) is 16.0. The van der Waals surface area contributed by atoms with Gasteiger partial charge in [-0.3, -0.25) is 14.5 Å². The van der Waals surface area contributed by atoms with Crippen molar-refractivity contribution in [2.45, 2.75) is 18.9 Å². The minimum Gasteiger partial charge on any atom is -0.496 e. The van der Waals surface area contributed by atoms with Crippen LogP contribution in [0.4, 0.5) is 0 Å². The number of fused-ring (bicyclic) bond motifs is 1. The van der Waals surface area contributed by atoms with Crippen LogP contribution in [0.2, 0.25) is 0 Å². The lowest BCUT2D eigenvalue weighted by Crippen LogP contribution is -2.37. The largest absolute Gasteiger partial charge is 0.496 e. The van der Waals surface area contributed by atoms with Crippen molar-refractivity contribution in [3.05, 3.63) is 76.1 Å². The molecule has 1 fully saturated rings. The average Bonchev–Trinajstić information content (AvgIpc) is 3.28. The van der Waals surface area contributed by atoms with Gasteiger partial charge in [0, 0.05) is 18.2 Å². The van der Waals surface area contributed by atoms with Crippen LogP contribution in [0.25, 0.3) is 11.0 Å². The number of carbonyl (C=O) groups excluding carboxylic acids is 1. The minimum atomic E-state index is -0.396. The van der Waals surface area contributed by atoms with Gasteiger partial charge < -0.3 is 14.5 Å². The van der Waals surface area contributed by atoms with Crippen LogP contribution in [0.3, 0.4) is 0 Å². The van der Waals surface area contributed by atoms with E-state index >= 15 is 0 Å². The first-order valence-electron chi connectivity index (χ1n) is 9.85. The van der Waals surface area contributed by atoms with Crippen LogP contribution in [0.5, 0.6) is 5.75 Å². The molecule has 1 amide bonds. The van der Waals surface area contributed by atoms with E-state index in [4.69, 9.17) is 9.15 Å². The summed E-state index contributed by atoms with van der Waals surface area (Å²) in [4.78, 5) is 27.4. The summed E-state index contributed by atoms with van der Waals surface area (Å²) in [7, 11) is 1.65. The topological polar surface area (TPSA) is 71.8 Å². The van der Waals surface area contributed by atoms with Crippen LogP contribution in [-0.2, 0) is 0 Å². The average molecular weight is 392 g/mol. The Morgan fingerprint density at radius 2 is 1.86 bits per heavy atom. The Balaban J connectivity index is 1.57. The molecule has 29 heavy (non-hydrogen) atoms. The molecule has 0 aliphatic carbocycles. The van der Waals surface area contributed by atoms with E-state index in [9.17, 15) is 9.59 Å². The normalized spacial score (nSPS) is 15.3. The second-order valence-electron chi connectivity index (χ2n) is 7.18. The summed E-state index contributed by atoms with van der Waals surface area (Å²) in [6.07, 6.45) is 2.28. The number of carbonyl (C=O) groups is 1. The van der Waals surface area contributed by atoms with E-state index in [0.717, 1.165) is 37.2 Å². The maximum absolute atomic E-state index is 12.8. The number of nitrogens with zero attached hydrogens (tertiary/aromatic N) is 1. The highest BCUT2D eigenvalue weighted by Gasteiger charge is 2.26. The van der Waals surface area contributed by atoms with Crippen molar-refractivity contribution in [3.63, 3.8) is 0 Å². The van der Waals surface area contributed by atoms with Gasteiger partial charge >= 0.3 is 0 Å². The Morgan fingerprint density at radius 3 is 2.66 bits per heavy atom. The molecule has 1 unspecified atom stereocenters. The predicted molar refractivity (Wildman–Crippen MR) is 111 cm³/mol. The van der Waals surface area contributed by atoms with E-state index in [1.165, 1.54) is 6.07 Å². The number of hydrogen-bond acceptors (Lipinski definition) is 5. The lowest BCUT2D eigenvalue weighted by atomic mass is 10.0. The molecule has 0 spiro atoms. The maximum atomic E-state index is 12.8. The number of nitrogens with one attached hydrogen (secondary N) is 1. The molecule has 1 aliphatic rings. The third kappa shape index (κ3) is 4.03. The number of rotatable bonds is 6. The van der Waals surface area contributed by atoms with Crippen molar-refractivity contribution >= 4 is 16.9 Å². The smallest absolute Gasteiger partial charge is 0.287 e. The van der Waals surface area contributed by atoms with Gasteiger partial charge in [0.2, 0.25) is 0 Å². The van der Waals surface area contributed by atoms with Crippen LogP contribution in [0.1, 0.15) is 35.0 Å². The van der Waals surface area contributed by atoms with E-state index in [2.05, 4.69) is 10.2 Å². The molecule has 1 aromatic heterocycles. The van der Waals surface area contributed by atoms with Crippen LogP contribution >= 0.6 is 0 Å². The molecule has 0 radical (unpaired) electrons. The van der Waals surface area contributed by atoms with Gasteiger partial charge in [-0.2, -0.15) is 0 Å². The summed E-state index contributed by atoms with van der Waals surface area (Å²) in [6.45, 7) is 2.35. The zero-order valence-corrected chi connectivity index (χ0v) is 16.4. The van der Waals surface area contributed by atoms with E-state index in [1.54, 1.807) is 31.4 Å². The van der Waals surface area contributed by atoms with Crippen molar-refractivity contribution < 1.29 is 13.9 Å². The fourth-order valence-corrected chi connectivity index (χ4v) is 3.92. The van der Waals surface area contributed by atoms with Crippen molar-refractivity contribution in [2.24, 2.45) is 0 Å². The summed E-state index contributed by atoms with van der Waals surface area (Å²) in [5.74, 6) is 0.428. The zero-order chi connectivity index (χ0) is 20.2. The molecule has 0 bridgehead atoms.